The van der Waals surface area contributed by atoms with E-state index in [1.54, 1.807) is 34.1 Å². The molecule has 3 amide bonds. The van der Waals surface area contributed by atoms with Gasteiger partial charge in [-0.3, -0.25) is 19.3 Å². The number of fused-ring (bicyclic) bond motifs is 5. The van der Waals surface area contributed by atoms with Gasteiger partial charge in [0, 0.05) is 42.0 Å². The zero-order valence-corrected chi connectivity index (χ0v) is 18.7. The second-order valence-electron chi connectivity index (χ2n) is 8.68. The molecule has 2 aromatic carbocycles. The molecule has 1 atom stereocenters. The Balaban J connectivity index is 1.36. The number of benzene rings is 2. The Bertz CT molecular complexity index is 1250. The monoisotopic (exact) mass is 442 g/mol. The van der Waals surface area contributed by atoms with Gasteiger partial charge in [0.2, 0.25) is 5.91 Å². The summed E-state index contributed by atoms with van der Waals surface area (Å²) in [5.41, 5.74) is 3.51. The van der Waals surface area contributed by atoms with E-state index in [0.717, 1.165) is 11.3 Å². The van der Waals surface area contributed by atoms with Crippen molar-refractivity contribution in [2.24, 2.45) is 0 Å². The summed E-state index contributed by atoms with van der Waals surface area (Å²) in [5, 5.41) is 2.96. The number of aromatic nitrogens is 1. The van der Waals surface area contributed by atoms with Crippen LogP contribution in [0.25, 0.3) is 0 Å². The highest BCUT2D eigenvalue weighted by Gasteiger charge is 2.47. The van der Waals surface area contributed by atoms with Gasteiger partial charge < -0.3 is 14.8 Å². The first kappa shape index (κ1) is 21.0. The van der Waals surface area contributed by atoms with Crippen molar-refractivity contribution in [1.82, 2.24) is 14.8 Å². The van der Waals surface area contributed by atoms with Crippen LogP contribution in [-0.2, 0) is 11.3 Å². The summed E-state index contributed by atoms with van der Waals surface area (Å²) in [6, 6.07) is 18.8. The Labute approximate surface area is 192 Å². The molecule has 33 heavy (non-hydrogen) atoms. The van der Waals surface area contributed by atoms with E-state index in [1.807, 2.05) is 42.6 Å². The number of nitrogens with one attached hydrogen (secondary N) is 1. The zero-order chi connectivity index (χ0) is 23.1. The number of anilines is 1. The fourth-order valence-electron chi connectivity index (χ4n) is 4.78. The third-order valence-corrected chi connectivity index (χ3v) is 6.35. The first-order valence-electron chi connectivity index (χ1n) is 11.2. The molecule has 1 aromatic heterocycles. The molecule has 2 aliphatic heterocycles. The molecule has 1 unspecified atom stereocenters. The number of carbonyl (C=O) groups excluding carboxylic acids is 3. The lowest BCUT2D eigenvalue weighted by molar-refractivity contribution is -0.121. The molecule has 0 aliphatic carbocycles. The average molecular weight is 443 g/mol. The molecule has 2 aliphatic rings. The normalized spacial score (nSPS) is 16.6. The Morgan fingerprint density at radius 3 is 2.45 bits per heavy atom. The van der Waals surface area contributed by atoms with E-state index >= 15 is 0 Å². The molecule has 168 valence electrons. The molecule has 0 fully saturated rings. The first-order valence-corrected chi connectivity index (χ1v) is 11.2. The lowest BCUT2D eigenvalue weighted by atomic mass is 10.0. The van der Waals surface area contributed by atoms with Gasteiger partial charge in [0.25, 0.3) is 11.8 Å². The van der Waals surface area contributed by atoms with Crippen molar-refractivity contribution in [3.8, 4) is 0 Å². The molecule has 0 bridgehead atoms. The first-order chi connectivity index (χ1) is 16.0. The maximum atomic E-state index is 13.4. The largest absolute Gasteiger partial charge is 0.350 e. The average Bonchev–Trinajstić information content (AvgIpc) is 3.41. The van der Waals surface area contributed by atoms with Crippen molar-refractivity contribution in [2.45, 2.75) is 39.0 Å². The SMILES string of the molecule is CC(C)n1cccc1CNC(=O)CCN1C(=O)c2ccccc2N2C(=O)c3ccccc3C12. The second kappa shape index (κ2) is 8.24. The predicted octanol–water partition coefficient (Wildman–Crippen LogP) is 3.89. The number of rotatable bonds is 6. The van der Waals surface area contributed by atoms with Gasteiger partial charge in [-0.2, -0.15) is 0 Å². The van der Waals surface area contributed by atoms with E-state index in [1.165, 1.54) is 0 Å². The second-order valence-corrected chi connectivity index (χ2v) is 8.68. The summed E-state index contributed by atoms with van der Waals surface area (Å²) in [6.45, 7) is 4.83. The Kier molecular flexibility index (Phi) is 5.24. The molecule has 0 spiro atoms. The molecule has 0 saturated heterocycles. The Morgan fingerprint density at radius 1 is 0.939 bits per heavy atom. The summed E-state index contributed by atoms with van der Waals surface area (Å²) in [7, 11) is 0. The van der Waals surface area contributed by atoms with Crippen LogP contribution in [0.2, 0.25) is 0 Å². The fraction of sp³-hybridized carbons (Fsp3) is 0.269. The third-order valence-electron chi connectivity index (χ3n) is 6.35. The van der Waals surface area contributed by atoms with E-state index in [9.17, 15) is 14.4 Å². The van der Waals surface area contributed by atoms with E-state index in [0.29, 0.717) is 29.4 Å². The number of hydrogen-bond acceptors (Lipinski definition) is 3. The van der Waals surface area contributed by atoms with E-state index < -0.39 is 6.17 Å². The van der Waals surface area contributed by atoms with Gasteiger partial charge in [-0.15, -0.1) is 0 Å². The van der Waals surface area contributed by atoms with Crippen molar-refractivity contribution in [3.63, 3.8) is 0 Å². The molecule has 3 heterocycles. The lowest BCUT2D eigenvalue weighted by Gasteiger charge is -2.40. The van der Waals surface area contributed by atoms with Crippen LogP contribution in [0.4, 0.5) is 5.69 Å². The van der Waals surface area contributed by atoms with Crippen molar-refractivity contribution in [3.05, 3.63) is 89.2 Å². The van der Waals surface area contributed by atoms with Gasteiger partial charge >= 0.3 is 0 Å². The third kappa shape index (κ3) is 3.50. The minimum atomic E-state index is -0.540. The van der Waals surface area contributed by atoms with Crippen molar-refractivity contribution in [2.75, 3.05) is 11.4 Å². The highest BCUT2D eigenvalue weighted by molar-refractivity contribution is 6.16. The maximum Gasteiger partial charge on any atom is 0.260 e. The molecule has 0 saturated carbocycles. The smallest absolute Gasteiger partial charge is 0.260 e. The minimum Gasteiger partial charge on any atom is -0.350 e. The van der Waals surface area contributed by atoms with Crippen LogP contribution in [0.1, 0.15) is 64.4 Å². The van der Waals surface area contributed by atoms with Gasteiger partial charge in [-0.25, -0.2) is 0 Å². The van der Waals surface area contributed by atoms with Gasteiger partial charge in [0.15, 0.2) is 0 Å². The van der Waals surface area contributed by atoms with Crippen LogP contribution in [0.15, 0.2) is 66.9 Å². The molecule has 3 aromatic rings. The molecular formula is C26H26N4O3. The molecule has 1 N–H and O–H groups in total. The zero-order valence-electron chi connectivity index (χ0n) is 18.7. The van der Waals surface area contributed by atoms with Crippen LogP contribution in [0.3, 0.4) is 0 Å². The maximum absolute atomic E-state index is 13.4. The van der Waals surface area contributed by atoms with Crippen LogP contribution < -0.4 is 10.2 Å². The number of para-hydroxylation sites is 1. The molecule has 7 heteroatoms. The van der Waals surface area contributed by atoms with E-state index in [2.05, 4.69) is 23.7 Å². The lowest BCUT2D eigenvalue weighted by Crippen LogP contribution is -2.49. The highest BCUT2D eigenvalue weighted by atomic mass is 16.2. The number of amides is 3. The molecule has 5 rings (SSSR count). The van der Waals surface area contributed by atoms with E-state index in [4.69, 9.17) is 0 Å². The van der Waals surface area contributed by atoms with Crippen molar-refractivity contribution in [1.29, 1.82) is 0 Å². The topological polar surface area (TPSA) is 74.7 Å². The highest BCUT2D eigenvalue weighted by Crippen LogP contribution is 2.45. The number of carbonyl (C=O) groups is 3. The van der Waals surface area contributed by atoms with Crippen LogP contribution in [0.5, 0.6) is 0 Å². The van der Waals surface area contributed by atoms with E-state index in [-0.39, 0.29) is 30.7 Å². The van der Waals surface area contributed by atoms with Crippen LogP contribution in [-0.4, -0.2) is 33.7 Å². The standard InChI is InChI=1S/C26H26N4O3/c1-17(2)28-14-7-8-18(28)16-27-23(31)13-15-29-24-19-9-3-4-10-20(19)26(33)30(24)22-12-6-5-11-21(22)25(29)32/h3-12,14,17,24H,13,15-16H2,1-2H3,(H,27,31). The van der Waals surface area contributed by atoms with Crippen molar-refractivity contribution >= 4 is 23.4 Å². The van der Waals surface area contributed by atoms with Gasteiger partial charge in [0.05, 0.1) is 17.8 Å². The molecule has 0 radical (unpaired) electrons. The predicted molar refractivity (Wildman–Crippen MR) is 125 cm³/mol. The number of nitrogens with zero attached hydrogens (tertiary/aromatic N) is 3. The van der Waals surface area contributed by atoms with Crippen molar-refractivity contribution < 1.29 is 14.4 Å². The van der Waals surface area contributed by atoms with Gasteiger partial charge in [-0.05, 0) is 44.2 Å². The Morgan fingerprint density at radius 2 is 1.67 bits per heavy atom. The summed E-state index contributed by atoms with van der Waals surface area (Å²) in [4.78, 5) is 42.6. The summed E-state index contributed by atoms with van der Waals surface area (Å²) in [6.07, 6.45) is 1.61. The van der Waals surface area contributed by atoms with Gasteiger partial charge in [-0.1, -0.05) is 30.3 Å². The quantitative estimate of drug-likeness (QED) is 0.629. The van der Waals surface area contributed by atoms with Crippen LogP contribution in [0, 0.1) is 0 Å². The van der Waals surface area contributed by atoms with Crippen LogP contribution >= 0.6 is 0 Å². The summed E-state index contributed by atoms with van der Waals surface area (Å²) in [5.74, 6) is -0.431. The fourth-order valence-corrected chi connectivity index (χ4v) is 4.78. The minimum absolute atomic E-state index is 0.126. The Hall–Kier alpha value is -3.87. The summed E-state index contributed by atoms with van der Waals surface area (Å²) >= 11 is 0. The summed E-state index contributed by atoms with van der Waals surface area (Å²) < 4.78 is 2.12. The number of hydrogen-bond donors (Lipinski definition) is 1. The molecule has 7 nitrogen and oxygen atoms in total. The molecular weight excluding hydrogens is 416 g/mol. The van der Waals surface area contributed by atoms with Gasteiger partial charge in [0.1, 0.15) is 6.17 Å².